The number of hydrogen-bond acceptors (Lipinski definition) is 3. The van der Waals surface area contributed by atoms with Crippen molar-refractivity contribution >= 4 is 15.9 Å². The van der Waals surface area contributed by atoms with E-state index in [9.17, 15) is 17.6 Å². The molecule has 0 heterocycles. The molecule has 0 atom stereocenters. The van der Waals surface area contributed by atoms with E-state index in [0.717, 1.165) is 17.5 Å². The predicted octanol–water partition coefficient (Wildman–Crippen LogP) is 1.76. The molecule has 0 aliphatic heterocycles. The van der Waals surface area contributed by atoms with Crippen molar-refractivity contribution in [1.82, 2.24) is 5.32 Å². The number of amides is 1. The van der Waals surface area contributed by atoms with Crippen LogP contribution in [0.4, 0.5) is 4.39 Å². The van der Waals surface area contributed by atoms with Crippen molar-refractivity contribution < 1.29 is 17.6 Å². The third-order valence-electron chi connectivity index (χ3n) is 3.49. The van der Waals surface area contributed by atoms with E-state index < -0.39 is 10.0 Å². The fourth-order valence-electron chi connectivity index (χ4n) is 2.22. The first-order chi connectivity index (χ1) is 11.3. The van der Waals surface area contributed by atoms with Gasteiger partial charge in [-0.3, -0.25) is 4.79 Å². The lowest BCUT2D eigenvalue weighted by Crippen LogP contribution is -2.26. The van der Waals surface area contributed by atoms with Crippen LogP contribution in [-0.2, 0) is 27.7 Å². The summed E-state index contributed by atoms with van der Waals surface area (Å²) in [5.74, 6) is -0.446. The maximum atomic E-state index is 12.8. The van der Waals surface area contributed by atoms with Crippen LogP contribution in [0.15, 0.2) is 53.4 Å². The molecule has 0 aliphatic carbocycles. The number of sulfonamides is 1. The highest BCUT2D eigenvalue weighted by Crippen LogP contribution is 2.10. The number of aryl methyl sites for hydroxylation is 1. The topological polar surface area (TPSA) is 89.3 Å². The van der Waals surface area contributed by atoms with E-state index in [1.165, 1.54) is 24.3 Å². The number of hydrogen-bond donors (Lipinski definition) is 2. The van der Waals surface area contributed by atoms with E-state index in [-0.39, 0.29) is 23.0 Å². The van der Waals surface area contributed by atoms with Crippen molar-refractivity contribution in [1.29, 1.82) is 0 Å². The highest BCUT2D eigenvalue weighted by Gasteiger charge is 2.07. The minimum Gasteiger partial charge on any atom is -0.356 e. The van der Waals surface area contributed by atoms with Gasteiger partial charge in [0.15, 0.2) is 0 Å². The lowest BCUT2D eigenvalue weighted by atomic mass is 10.1. The maximum Gasteiger partial charge on any atom is 0.238 e. The van der Waals surface area contributed by atoms with Crippen LogP contribution in [0.3, 0.4) is 0 Å². The predicted molar refractivity (Wildman–Crippen MR) is 89.2 cm³/mol. The molecule has 7 heteroatoms. The summed E-state index contributed by atoms with van der Waals surface area (Å²) in [7, 11) is -3.67. The minimum atomic E-state index is -3.67. The van der Waals surface area contributed by atoms with Gasteiger partial charge in [-0.25, -0.2) is 17.9 Å². The van der Waals surface area contributed by atoms with Crippen LogP contribution in [0.5, 0.6) is 0 Å². The average Bonchev–Trinajstić information content (AvgIpc) is 2.53. The number of primary sulfonamides is 1. The lowest BCUT2D eigenvalue weighted by Gasteiger charge is -2.06. The number of carbonyl (C=O) groups excluding carboxylic acids is 1. The van der Waals surface area contributed by atoms with Crippen LogP contribution in [0.25, 0.3) is 0 Å². The first-order valence-corrected chi connectivity index (χ1v) is 9.02. The summed E-state index contributed by atoms with van der Waals surface area (Å²) in [6, 6.07) is 12.2. The van der Waals surface area contributed by atoms with Gasteiger partial charge in [0.1, 0.15) is 5.82 Å². The summed E-state index contributed by atoms with van der Waals surface area (Å²) in [4.78, 5) is 11.9. The molecule has 128 valence electrons. The second-order valence-corrected chi connectivity index (χ2v) is 7.01. The molecule has 2 rings (SSSR count). The number of carbonyl (C=O) groups is 1. The molecule has 0 aliphatic rings. The number of benzene rings is 2. The standard InChI is InChI=1S/C17H19FN2O3S/c18-15-7-3-14(4-8-15)12-17(21)20-11-1-2-13-5-9-16(10-6-13)24(19,22)23/h3-10H,1-2,11-12H2,(H,20,21)(H2,19,22,23). The number of rotatable bonds is 7. The quantitative estimate of drug-likeness (QED) is 0.746. The fourth-order valence-corrected chi connectivity index (χ4v) is 2.73. The Hall–Kier alpha value is -2.25. The summed E-state index contributed by atoms with van der Waals surface area (Å²) < 4.78 is 35.1. The Morgan fingerprint density at radius 3 is 2.17 bits per heavy atom. The summed E-state index contributed by atoms with van der Waals surface area (Å²) >= 11 is 0. The minimum absolute atomic E-state index is 0.0823. The van der Waals surface area contributed by atoms with Crippen molar-refractivity contribution in [2.24, 2.45) is 5.14 Å². The van der Waals surface area contributed by atoms with Crippen molar-refractivity contribution in [3.05, 3.63) is 65.5 Å². The molecule has 0 bridgehead atoms. The van der Waals surface area contributed by atoms with Gasteiger partial charge in [0.05, 0.1) is 11.3 Å². The van der Waals surface area contributed by atoms with Crippen LogP contribution in [-0.4, -0.2) is 20.9 Å². The fraction of sp³-hybridized carbons (Fsp3) is 0.235. The summed E-state index contributed by atoms with van der Waals surface area (Å²) in [5, 5.41) is 7.84. The number of halogens is 1. The molecule has 0 fully saturated rings. The van der Waals surface area contributed by atoms with Gasteiger partial charge in [-0.1, -0.05) is 24.3 Å². The van der Waals surface area contributed by atoms with Gasteiger partial charge in [-0.2, -0.15) is 0 Å². The SMILES string of the molecule is NS(=O)(=O)c1ccc(CCCNC(=O)Cc2ccc(F)cc2)cc1. The molecular formula is C17H19FN2O3S. The Morgan fingerprint density at radius 1 is 1.00 bits per heavy atom. The Balaban J connectivity index is 1.72. The van der Waals surface area contributed by atoms with Crippen LogP contribution >= 0.6 is 0 Å². The first kappa shape index (κ1) is 18.1. The van der Waals surface area contributed by atoms with Crippen molar-refractivity contribution in [3.8, 4) is 0 Å². The summed E-state index contributed by atoms with van der Waals surface area (Å²) in [6.45, 7) is 0.511. The molecule has 0 saturated heterocycles. The summed E-state index contributed by atoms with van der Waals surface area (Å²) in [6.07, 6.45) is 1.65. The van der Waals surface area contributed by atoms with Crippen molar-refractivity contribution in [3.63, 3.8) is 0 Å². The van der Waals surface area contributed by atoms with E-state index in [2.05, 4.69) is 5.32 Å². The van der Waals surface area contributed by atoms with Gasteiger partial charge < -0.3 is 5.32 Å². The van der Waals surface area contributed by atoms with E-state index in [1.807, 2.05) is 0 Å². The van der Waals surface area contributed by atoms with Gasteiger partial charge in [-0.15, -0.1) is 0 Å². The highest BCUT2D eigenvalue weighted by atomic mass is 32.2. The zero-order valence-electron chi connectivity index (χ0n) is 13.0. The smallest absolute Gasteiger partial charge is 0.238 e. The van der Waals surface area contributed by atoms with E-state index >= 15 is 0 Å². The van der Waals surface area contributed by atoms with Gasteiger partial charge >= 0.3 is 0 Å². The van der Waals surface area contributed by atoms with E-state index in [0.29, 0.717) is 13.0 Å². The van der Waals surface area contributed by atoms with Crippen LogP contribution in [0, 0.1) is 5.82 Å². The zero-order valence-corrected chi connectivity index (χ0v) is 13.9. The van der Waals surface area contributed by atoms with Crippen LogP contribution in [0.1, 0.15) is 17.5 Å². The molecular weight excluding hydrogens is 331 g/mol. The molecule has 2 aromatic rings. The van der Waals surface area contributed by atoms with Gasteiger partial charge in [0.2, 0.25) is 15.9 Å². The zero-order chi connectivity index (χ0) is 17.6. The highest BCUT2D eigenvalue weighted by molar-refractivity contribution is 7.89. The molecule has 24 heavy (non-hydrogen) atoms. The molecule has 0 saturated carbocycles. The van der Waals surface area contributed by atoms with Crippen LogP contribution in [0.2, 0.25) is 0 Å². The second-order valence-electron chi connectivity index (χ2n) is 5.45. The third-order valence-corrected chi connectivity index (χ3v) is 4.42. The van der Waals surface area contributed by atoms with Gasteiger partial charge in [0, 0.05) is 6.54 Å². The third kappa shape index (κ3) is 5.75. The van der Waals surface area contributed by atoms with Crippen molar-refractivity contribution in [2.45, 2.75) is 24.2 Å². The van der Waals surface area contributed by atoms with Gasteiger partial charge in [0.25, 0.3) is 0 Å². The Kier molecular flexibility index (Phi) is 6.05. The largest absolute Gasteiger partial charge is 0.356 e. The number of nitrogens with two attached hydrogens (primary N) is 1. The lowest BCUT2D eigenvalue weighted by molar-refractivity contribution is -0.120. The second kappa shape index (κ2) is 8.03. The first-order valence-electron chi connectivity index (χ1n) is 7.47. The Morgan fingerprint density at radius 2 is 1.58 bits per heavy atom. The molecule has 0 spiro atoms. The van der Waals surface area contributed by atoms with Crippen LogP contribution < -0.4 is 10.5 Å². The van der Waals surface area contributed by atoms with E-state index in [1.54, 1.807) is 24.3 Å². The molecule has 5 nitrogen and oxygen atoms in total. The monoisotopic (exact) mass is 350 g/mol. The average molecular weight is 350 g/mol. The van der Waals surface area contributed by atoms with E-state index in [4.69, 9.17) is 5.14 Å². The molecule has 0 radical (unpaired) electrons. The Bertz CT molecular complexity index is 788. The van der Waals surface area contributed by atoms with Gasteiger partial charge in [-0.05, 0) is 48.2 Å². The maximum absolute atomic E-state index is 12.8. The summed E-state index contributed by atoms with van der Waals surface area (Å²) in [5.41, 5.74) is 1.72. The Labute approximate surface area is 140 Å². The number of nitrogens with one attached hydrogen (secondary N) is 1. The molecule has 2 aromatic carbocycles. The molecule has 1 amide bonds. The van der Waals surface area contributed by atoms with Crippen molar-refractivity contribution in [2.75, 3.05) is 6.54 Å². The molecule has 0 aromatic heterocycles. The normalized spacial score (nSPS) is 11.2. The molecule has 3 N–H and O–H groups in total. The molecule has 0 unspecified atom stereocenters.